The molecule has 1 unspecified atom stereocenters. The molecule has 1 fully saturated rings. The Morgan fingerprint density at radius 2 is 2.35 bits per heavy atom. The van der Waals surface area contributed by atoms with Crippen molar-refractivity contribution in [3.63, 3.8) is 0 Å². The normalized spacial score (nSPS) is 23.6. The van der Waals surface area contributed by atoms with Gasteiger partial charge < -0.3 is 16.4 Å². The molecular formula is C12H16BrN3O. The number of amides is 1. The van der Waals surface area contributed by atoms with Gasteiger partial charge in [0.15, 0.2) is 0 Å². The van der Waals surface area contributed by atoms with Crippen LogP contribution in [0.3, 0.4) is 0 Å². The minimum Gasteiger partial charge on any atom is -0.378 e. The summed E-state index contributed by atoms with van der Waals surface area (Å²) in [6.45, 7) is 4.01. The number of nitrogens with two attached hydrogens (primary N) is 1. The molecule has 17 heavy (non-hydrogen) atoms. The molecule has 1 saturated heterocycles. The van der Waals surface area contributed by atoms with Gasteiger partial charge in [-0.2, -0.15) is 0 Å². The molecule has 0 spiro atoms. The molecule has 1 atom stereocenters. The molecule has 4 nitrogen and oxygen atoms in total. The van der Waals surface area contributed by atoms with Crippen LogP contribution in [-0.4, -0.2) is 24.5 Å². The van der Waals surface area contributed by atoms with Crippen molar-refractivity contribution < 1.29 is 4.79 Å². The van der Waals surface area contributed by atoms with Gasteiger partial charge in [0.1, 0.15) is 0 Å². The Bertz CT molecular complexity index is 441. The van der Waals surface area contributed by atoms with Crippen molar-refractivity contribution in [1.29, 1.82) is 0 Å². The SMILES string of the molecule is CC1(Nc2cccc(Br)c2C(N)=O)CCNC1. The Morgan fingerprint density at radius 3 is 2.94 bits per heavy atom. The summed E-state index contributed by atoms with van der Waals surface area (Å²) in [4.78, 5) is 11.5. The van der Waals surface area contributed by atoms with Gasteiger partial charge in [0.25, 0.3) is 5.91 Å². The molecule has 1 aromatic rings. The zero-order chi connectivity index (χ0) is 12.5. The first-order valence-corrected chi connectivity index (χ1v) is 6.38. The van der Waals surface area contributed by atoms with Crippen molar-refractivity contribution >= 4 is 27.5 Å². The quantitative estimate of drug-likeness (QED) is 0.796. The lowest BCUT2D eigenvalue weighted by Crippen LogP contribution is -2.37. The molecule has 1 heterocycles. The lowest BCUT2D eigenvalue weighted by atomic mass is 10.00. The summed E-state index contributed by atoms with van der Waals surface area (Å²) < 4.78 is 0.726. The fourth-order valence-corrected chi connectivity index (χ4v) is 2.69. The smallest absolute Gasteiger partial charge is 0.251 e. The van der Waals surface area contributed by atoms with E-state index in [1.165, 1.54) is 0 Å². The molecule has 4 N–H and O–H groups in total. The summed E-state index contributed by atoms with van der Waals surface area (Å²) in [6, 6.07) is 5.60. The molecule has 0 aliphatic carbocycles. The third-order valence-electron chi connectivity index (χ3n) is 3.07. The van der Waals surface area contributed by atoms with Crippen molar-refractivity contribution in [2.75, 3.05) is 18.4 Å². The number of hydrogen-bond donors (Lipinski definition) is 3. The number of primary amides is 1. The van der Waals surface area contributed by atoms with Gasteiger partial charge in [0.2, 0.25) is 0 Å². The Labute approximate surface area is 109 Å². The maximum absolute atomic E-state index is 11.5. The van der Waals surface area contributed by atoms with Crippen molar-refractivity contribution in [3.05, 3.63) is 28.2 Å². The molecule has 2 rings (SSSR count). The van der Waals surface area contributed by atoms with E-state index in [4.69, 9.17) is 5.73 Å². The number of nitrogens with one attached hydrogen (secondary N) is 2. The average molecular weight is 298 g/mol. The van der Waals surface area contributed by atoms with Crippen LogP contribution in [0, 0.1) is 0 Å². The van der Waals surface area contributed by atoms with Crippen molar-refractivity contribution in [3.8, 4) is 0 Å². The lowest BCUT2D eigenvalue weighted by Gasteiger charge is -2.27. The largest absolute Gasteiger partial charge is 0.378 e. The summed E-state index contributed by atoms with van der Waals surface area (Å²) >= 11 is 3.36. The zero-order valence-electron chi connectivity index (χ0n) is 9.72. The van der Waals surface area contributed by atoms with Crippen LogP contribution in [0.1, 0.15) is 23.7 Å². The standard InChI is InChI=1S/C12H16BrN3O/c1-12(5-6-15-7-12)16-9-4-2-3-8(13)10(9)11(14)17/h2-4,15-16H,5-7H2,1H3,(H2,14,17). The number of carbonyl (C=O) groups is 1. The van der Waals surface area contributed by atoms with Gasteiger partial charge in [-0.3, -0.25) is 4.79 Å². The predicted molar refractivity (Wildman–Crippen MR) is 72.2 cm³/mol. The number of rotatable bonds is 3. The highest BCUT2D eigenvalue weighted by Gasteiger charge is 2.29. The fraction of sp³-hybridized carbons (Fsp3) is 0.417. The van der Waals surface area contributed by atoms with E-state index in [1.54, 1.807) is 0 Å². The minimum atomic E-state index is -0.422. The third-order valence-corrected chi connectivity index (χ3v) is 3.73. The molecule has 0 aromatic heterocycles. The second-order valence-electron chi connectivity index (χ2n) is 4.64. The number of hydrogen-bond acceptors (Lipinski definition) is 3. The molecule has 92 valence electrons. The summed E-state index contributed by atoms with van der Waals surface area (Å²) in [6.07, 6.45) is 1.03. The van der Waals surface area contributed by atoms with E-state index < -0.39 is 5.91 Å². The second-order valence-corrected chi connectivity index (χ2v) is 5.49. The molecule has 1 aliphatic heterocycles. The van der Waals surface area contributed by atoms with E-state index in [0.717, 1.165) is 29.7 Å². The highest BCUT2D eigenvalue weighted by atomic mass is 79.9. The number of anilines is 1. The molecule has 5 heteroatoms. The van der Waals surface area contributed by atoms with Crippen LogP contribution < -0.4 is 16.4 Å². The van der Waals surface area contributed by atoms with Gasteiger partial charge >= 0.3 is 0 Å². The second kappa shape index (κ2) is 4.66. The average Bonchev–Trinajstić information content (AvgIpc) is 2.64. The summed E-state index contributed by atoms with van der Waals surface area (Å²) in [5.74, 6) is -0.422. The topological polar surface area (TPSA) is 67.1 Å². The van der Waals surface area contributed by atoms with Crippen molar-refractivity contribution in [2.45, 2.75) is 18.9 Å². The monoisotopic (exact) mass is 297 g/mol. The van der Waals surface area contributed by atoms with E-state index in [2.05, 4.69) is 33.5 Å². The molecular weight excluding hydrogens is 282 g/mol. The maximum Gasteiger partial charge on any atom is 0.251 e. The zero-order valence-corrected chi connectivity index (χ0v) is 11.3. The highest BCUT2D eigenvalue weighted by molar-refractivity contribution is 9.10. The number of benzene rings is 1. The van der Waals surface area contributed by atoms with E-state index >= 15 is 0 Å². The lowest BCUT2D eigenvalue weighted by molar-refractivity contribution is 0.100. The van der Waals surface area contributed by atoms with E-state index in [-0.39, 0.29) is 5.54 Å². The van der Waals surface area contributed by atoms with Gasteiger partial charge in [-0.05, 0) is 48.0 Å². The van der Waals surface area contributed by atoms with Gasteiger partial charge in [-0.15, -0.1) is 0 Å². The molecule has 0 radical (unpaired) electrons. The molecule has 1 aromatic carbocycles. The first-order valence-electron chi connectivity index (χ1n) is 5.59. The van der Waals surface area contributed by atoms with Gasteiger partial charge in [0, 0.05) is 22.2 Å². The highest BCUT2D eigenvalue weighted by Crippen LogP contribution is 2.28. The van der Waals surface area contributed by atoms with Crippen LogP contribution in [0.5, 0.6) is 0 Å². The fourth-order valence-electron chi connectivity index (χ4n) is 2.13. The van der Waals surface area contributed by atoms with Crippen LogP contribution in [-0.2, 0) is 0 Å². The van der Waals surface area contributed by atoms with Crippen LogP contribution in [0.2, 0.25) is 0 Å². The number of carbonyl (C=O) groups excluding carboxylic acids is 1. The van der Waals surface area contributed by atoms with Crippen molar-refractivity contribution in [2.24, 2.45) is 5.73 Å². The van der Waals surface area contributed by atoms with E-state index in [1.807, 2.05) is 18.2 Å². The summed E-state index contributed by atoms with van der Waals surface area (Å²) in [5.41, 5.74) is 6.69. The summed E-state index contributed by atoms with van der Waals surface area (Å²) in [5, 5.41) is 6.72. The third kappa shape index (κ3) is 2.61. The molecule has 0 saturated carbocycles. The van der Waals surface area contributed by atoms with Crippen LogP contribution in [0.25, 0.3) is 0 Å². The van der Waals surface area contributed by atoms with Gasteiger partial charge in [0.05, 0.1) is 5.56 Å². The molecule has 0 bridgehead atoms. The van der Waals surface area contributed by atoms with Crippen LogP contribution in [0.4, 0.5) is 5.69 Å². The summed E-state index contributed by atoms with van der Waals surface area (Å²) in [7, 11) is 0. The molecule has 1 amide bonds. The Kier molecular flexibility index (Phi) is 3.40. The Balaban J connectivity index is 2.32. The maximum atomic E-state index is 11.5. The number of halogens is 1. The Morgan fingerprint density at radius 1 is 1.59 bits per heavy atom. The minimum absolute atomic E-state index is 0.0228. The van der Waals surface area contributed by atoms with E-state index in [0.29, 0.717) is 5.56 Å². The first kappa shape index (κ1) is 12.4. The van der Waals surface area contributed by atoms with E-state index in [9.17, 15) is 4.79 Å². The van der Waals surface area contributed by atoms with Gasteiger partial charge in [-0.25, -0.2) is 0 Å². The van der Waals surface area contributed by atoms with Crippen LogP contribution in [0.15, 0.2) is 22.7 Å². The Hall–Kier alpha value is -1.07. The first-order chi connectivity index (χ1) is 8.02. The van der Waals surface area contributed by atoms with Crippen molar-refractivity contribution in [1.82, 2.24) is 5.32 Å². The van der Waals surface area contributed by atoms with Crippen LogP contribution >= 0.6 is 15.9 Å². The predicted octanol–water partition coefficient (Wildman–Crippen LogP) is 1.71. The molecule has 1 aliphatic rings. The van der Waals surface area contributed by atoms with Gasteiger partial charge in [-0.1, -0.05) is 6.07 Å².